The molecule has 0 aromatic heterocycles. The Hall–Kier alpha value is -1.26. The molecule has 0 atom stereocenters. The molecule has 1 aromatic rings. The van der Waals surface area contributed by atoms with Crippen molar-refractivity contribution in [3.63, 3.8) is 0 Å². The van der Waals surface area contributed by atoms with E-state index >= 15 is 0 Å². The number of amides is 1. The second kappa shape index (κ2) is 5.39. The van der Waals surface area contributed by atoms with Crippen LogP contribution in [0.15, 0.2) is 18.2 Å². The topological polar surface area (TPSA) is 64.3 Å². The summed E-state index contributed by atoms with van der Waals surface area (Å²) < 4.78 is 5.57. The highest BCUT2D eigenvalue weighted by atomic mass is 35.5. The Morgan fingerprint density at radius 3 is 2.74 bits per heavy atom. The summed E-state index contributed by atoms with van der Waals surface area (Å²) in [4.78, 5) is 11.8. The second-order valence-electron chi connectivity index (χ2n) is 5.46. The maximum absolute atomic E-state index is 11.8. The van der Waals surface area contributed by atoms with Crippen molar-refractivity contribution in [2.75, 3.05) is 11.9 Å². The highest BCUT2D eigenvalue weighted by molar-refractivity contribution is 6.32. The normalized spacial score (nSPS) is 16.3. The van der Waals surface area contributed by atoms with E-state index in [1.165, 1.54) is 0 Å². The monoisotopic (exact) mass is 282 g/mol. The van der Waals surface area contributed by atoms with Gasteiger partial charge in [0.1, 0.15) is 5.75 Å². The van der Waals surface area contributed by atoms with Crippen LogP contribution in [0.4, 0.5) is 5.69 Å². The number of carbonyl (C=O) groups is 1. The molecule has 4 nitrogen and oxygen atoms in total. The number of ether oxygens (including phenoxy) is 1. The maximum Gasteiger partial charge on any atom is 0.244 e. The largest absolute Gasteiger partial charge is 0.492 e. The van der Waals surface area contributed by atoms with Crippen molar-refractivity contribution < 1.29 is 9.53 Å². The van der Waals surface area contributed by atoms with E-state index in [4.69, 9.17) is 22.1 Å². The molecule has 0 unspecified atom stereocenters. The highest BCUT2D eigenvalue weighted by Crippen LogP contribution is 2.34. The van der Waals surface area contributed by atoms with Gasteiger partial charge in [0.05, 0.1) is 17.2 Å². The van der Waals surface area contributed by atoms with Crippen LogP contribution in [0.1, 0.15) is 26.7 Å². The fourth-order valence-corrected chi connectivity index (χ4v) is 1.80. The van der Waals surface area contributed by atoms with Gasteiger partial charge < -0.3 is 15.8 Å². The molecule has 0 saturated heterocycles. The van der Waals surface area contributed by atoms with Crippen molar-refractivity contribution in [3.8, 4) is 5.75 Å². The van der Waals surface area contributed by atoms with E-state index in [0.717, 1.165) is 12.8 Å². The molecule has 5 heteroatoms. The van der Waals surface area contributed by atoms with Crippen LogP contribution >= 0.6 is 11.6 Å². The SMILES string of the molecule is CC(C)COc1ccc(NC(=O)C2(N)CC2)cc1Cl. The molecule has 1 fully saturated rings. The summed E-state index contributed by atoms with van der Waals surface area (Å²) in [5.41, 5.74) is 5.78. The molecule has 1 aliphatic carbocycles. The van der Waals surface area contributed by atoms with E-state index in [-0.39, 0.29) is 5.91 Å². The molecule has 104 valence electrons. The molecule has 0 heterocycles. The predicted octanol–water partition coefficient (Wildman–Crippen LogP) is 2.80. The van der Waals surface area contributed by atoms with Gasteiger partial charge in [-0.25, -0.2) is 0 Å². The summed E-state index contributed by atoms with van der Waals surface area (Å²) in [6.07, 6.45) is 1.48. The number of benzene rings is 1. The lowest BCUT2D eigenvalue weighted by Gasteiger charge is -2.13. The quantitative estimate of drug-likeness (QED) is 0.873. The van der Waals surface area contributed by atoms with Gasteiger partial charge >= 0.3 is 0 Å². The van der Waals surface area contributed by atoms with Gasteiger partial charge in [-0.2, -0.15) is 0 Å². The van der Waals surface area contributed by atoms with Crippen LogP contribution in [0.2, 0.25) is 5.02 Å². The van der Waals surface area contributed by atoms with Gasteiger partial charge in [-0.1, -0.05) is 25.4 Å². The van der Waals surface area contributed by atoms with Gasteiger partial charge in [-0.05, 0) is 37.0 Å². The Balaban J connectivity index is 2.00. The van der Waals surface area contributed by atoms with Gasteiger partial charge in [-0.15, -0.1) is 0 Å². The Kier molecular flexibility index (Phi) is 4.02. The zero-order valence-electron chi connectivity index (χ0n) is 11.2. The molecule has 1 aliphatic rings. The van der Waals surface area contributed by atoms with E-state index in [1.807, 2.05) is 0 Å². The van der Waals surface area contributed by atoms with Crippen molar-refractivity contribution in [1.29, 1.82) is 0 Å². The summed E-state index contributed by atoms with van der Waals surface area (Å²) in [7, 11) is 0. The van der Waals surface area contributed by atoms with Crippen molar-refractivity contribution >= 4 is 23.2 Å². The first-order valence-corrected chi connectivity index (χ1v) is 6.81. The van der Waals surface area contributed by atoms with Crippen LogP contribution < -0.4 is 15.8 Å². The van der Waals surface area contributed by atoms with E-state index < -0.39 is 5.54 Å². The summed E-state index contributed by atoms with van der Waals surface area (Å²) in [6, 6.07) is 5.21. The van der Waals surface area contributed by atoms with E-state index in [9.17, 15) is 4.79 Å². The molecule has 1 aromatic carbocycles. The number of hydrogen-bond donors (Lipinski definition) is 2. The summed E-state index contributed by atoms with van der Waals surface area (Å²) in [5.74, 6) is 0.907. The number of nitrogens with two attached hydrogens (primary N) is 1. The van der Waals surface area contributed by atoms with Crippen LogP contribution in [0.5, 0.6) is 5.75 Å². The number of hydrogen-bond acceptors (Lipinski definition) is 3. The van der Waals surface area contributed by atoms with Crippen LogP contribution in [0, 0.1) is 5.92 Å². The third-order valence-electron chi connectivity index (χ3n) is 3.00. The Morgan fingerprint density at radius 2 is 2.21 bits per heavy atom. The van der Waals surface area contributed by atoms with Gasteiger partial charge in [0.2, 0.25) is 5.91 Å². The molecular formula is C14H19ClN2O2. The van der Waals surface area contributed by atoms with Crippen molar-refractivity contribution in [1.82, 2.24) is 0 Å². The third-order valence-corrected chi connectivity index (χ3v) is 3.30. The number of halogens is 1. The van der Waals surface area contributed by atoms with Gasteiger partial charge in [0, 0.05) is 5.69 Å². The fourth-order valence-electron chi connectivity index (χ4n) is 1.57. The second-order valence-corrected chi connectivity index (χ2v) is 5.87. The highest BCUT2D eigenvalue weighted by Gasteiger charge is 2.45. The molecule has 1 saturated carbocycles. The molecule has 1 amide bonds. The first-order chi connectivity index (χ1) is 8.90. The number of carbonyl (C=O) groups excluding carboxylic acids is 1. The molecule has 3 N–H and O–H groups in total. The van der Waals surface area contributed by atoms with Gasteiger partial charge in [0.15, 0.2) is 0 Å². The maximum atomic E-state index is 11.8. The molecule has 0 radical (unpaired) electrons. The predicted molar refractivity (Wildman–Crippen MR) is 76.6 cm³/mol. The minimum absolute atomic E-state index is 0.153. The molecule has 19 heavy (non-hydrogen) atoms. The third kappa shape index (κ3) is 3.61. The molecule has 2 rings (SSSR count). The smallest absolute Gasteiger partial charge is 0.244 e. The van der Waals surface area contributed by atoms with Crippen molar-refractivity contribution in [2.24, 2.45) is 11.7 Å². The standard InChI is InChI=1S/C14H19ClN2O2/c1-9(2)8-19-12-4-3-10(7-11(12)15)17-13(18)14(16)5-6-14/h3-4,7,9H,5-6,8,16H2,1-2H3,(H,17,18). The lowest BCUT2D eigenvalue weighted by atomic mass is 10.2. The summed E-state index contributed by atoms with van der Waals surface area (Å²) in [6.45, 7) is 4.75. The Labute approximate surface area is 118 Å². The van der Waals surface area contributed by atoms with E-state index in [1.54, 1.807) is 18.2 Å². The fraction of sp³-hybridized carbons (Fsp3) is 0.500. The zero-order chi connectivity index (χ0) is 14.0. The zero-order valence-corrected chi connectivity index (χ0v) is 12.0. The molecule has 0 spiro atoms. The van der Waals surface area contributed by atoms with E-state index in [0.29, 0.717) is 29.0 Å². The van der Waals surface area contributed by atoms with Crippen LogP contribution in [-0.4, -0.2) is 18.1 Å². The van der Waals surface area contributed by atoms with Gasteiger partial charge in [0.25, 0.3) is 0 Å². The lowest BCUT2D eigenvalue weighted by Crippen LogP contribution is -2.37. The minimum Gasteiger partial charge on any atom is -0.492 e. The Morgan fingerprint density at radius 1 is 1.53 bits per heavy atom. The minimum atomic E-state index is -0.681. The Bertz CT molecular complexity index is 484. The summed E-state index contributed by atoms with van der Waals surface area (Å²) in [5, 5.41) is 3.26. The van der Waals surface area contributed by atoms with E-state index in [2.05, 4.69) is 19.2 Å². The lowest BCUT2D eigenvalue weighted by molar-refractivity contribution is -0.118. The molecule has 0 bridgehead atoms. The number of rotatable bonds is 5. The summed E-state index contributed by atoms with van der Waals surface area (Å²) >= 11 is 6.12. The van der Waals surface area contributed by atoms with Crippen LogP contribution in [0.25, 0.3) is 0 Å². The average molecular weight is 283 g/mol. The van der Waals surface area contributed by atoms with Crippen molar-refractivity contribution in [2.45, 2.75) is 32.2 Å². The first-order valence-electron chi connectivity index (χ1n) is 6.43. The first kappa shape index (κ1) is 14.2. The molecular weight excluding hydrogens is 264 g/mol. The van der Waals surface area contributed by atoms with Crippen molar-refractivity contribution in [3.05, 3.63) is 23.2 Å². The number of anilines is 1. The average Bonchev–Trinajstić information content (AvgIpc) is 3.07. The van der Waals surface area contributed by atoms with Crippen LogP contribution in [-0.2, 0) is 4.79 Å². The number of nitrogens with one attached hydrogen (secondary N) is 1. The molecule has 0 aliphatic heterocycles. The van der Waals surface area contributed by atoms with Gasteiger partial charge in [-0.3, -0.25) is 4.79 Å². The van der Waals surface area contributed by atoms with Crippen LogP contribution in [0.3, 0.4) is 0 Å².